The van der Waals surface area contributed by atoms with Gasteiger partial charge in [0.15, 0.2) is 0 Å². The van der Waals surface area contributed by atoms with E-state index in [2.05, 4.69) is 10.6 Å². The third-order valence-electron chi connectivity index (χ3n) is 3.31. The number of halogens is 1. The maximum atomic E-state index is 12.1. The van der Waals surface area contributed by atoms with Crippen LogP contribution in [0.5, 0.6) is 0 Å². The van der Waals surface area contributed by atoms with E-state index in [1.165, 1.54) is 18.3 Å². The van der Waals surface area contributed by atoms with Gasteiger partial charge in [-0.1, -0.05) is 11.6 Å². The van der Waals surface area contributed by atoms with Gasteiger partial charge >= 0.3 is 0 Å². The van der Waals surface area contributed by atoms with Crippen LogP contribution in [0, 0.1) is 5.92 Å². The molecule has 0 saturated heterocycles. The summed E-state index contributed by atoms with van der Waals surface area (Å²) in [6.45, 7) is 1.94. The highest BCUT2D eigenvalue weighted by molar-refractivity contribution is 7.16. The minimum absolute atomic E-state index is 0.00677. The van der Waals surface area contributed by atoms with Crippen molar-refractivity contribution >= 4 is 34.8 Å². The Bertz CT molecular complexity index is 514. The average Bonchev–Trinajstić information content (AvgIpc) is 3.19. The number of rotatable bonds is 7. The summed E-state index contributed by atoms with van der Waals surface area (Å²) in [7, 11) is 0. The molecule has 1 aromatic heterocycles. The molecule has 1 saturated carbocycles. The van der Waals surface area contributed by atoms with Gasteiger partial charge in [0.25, 0.3) is 0 Å². The first kappa shape index (κ1) is 16.3. The predicted octanol–water partition coefficient (Wildman–Crippen LogP) is 1.34. The van der Waals surface area contributed by atoms with Crippen LogP contribution in [0.25, 0.3) is 0 Å². The van der Waals surface area contributed by atoms with Gasteiger partial charge in [-0.05, 0) is 38.3 Å². The highest BCUT2D eigenvalue weighted by Gasteiger charge is 2.34. The van der Waals surface area contributed by atoms with Gasteiger partial charge in [0, 0.05) is 17.3 Å². The Kier molecular flexibility index (Phi) is 5.61. The molecule has 7 heteroatoms. The van der Waals surface area contributed by atoms with Gasteiger partial charge < -0.3 is 15.7 Å². The van der Waals surface area contributed by atoms with Crippen molar-refractivity contribution < 1.29 is 14.7 Å². The first-order valence-electron chi connectivity index (χ1n) is 6.97. The summed E-state index contributed by atoms with van der Waals surface area (Å²) < 4.78 is 0.717. The second-order valence-corrected chi connectivity index (χ2v) is 7.05. The highest BCUT2D eigenvalue weighted by atomic mass is 35.5. The molecule has 2 rings (SSSR count). The third kappa shape index (κ3) is 4.98. The minimum Gasteiger partial charge on any atom is -0.391 e. The van der Waals surface area contributed by atoms with Gasteiger partial charge in [-0.2, -0.15) is 0 Å². The maximum absolute atomic E-state index is 12.1. The monoisotopic (exact) mass is 330 g/mol. The quantitative estimate of drug-likeness (QED) is 0.706. The molecule has 1 heterocycles. The van der Waals surface area contributed by atoms with Crippen molar-refractivity contribution in [2.75, 3.05) is 6.54 Å². The van der Waals surface area contributed by atoms with Crippen LogP contribution >= 0.6 is 22.9 Å². The van der Waals surface area contributed by atoms with Crippen LogP contribution in [-0.2, 0) is 16.0 Å². The van der Waals surface area contributed by atoms with E-state index in [0.29, 0.717) is 13.0 Å². The van der Waals surface area contributed by atoms with E-state index >= 15 is 0 Å². The summed E-state index contributed by atoms with van der Waals surface area (Å²) in [4.78, 5) is 24.8. The molecule has 1 aliphatic rings. The van der Waals surface area contributed by atoms with E-state index in [4.69, 9.17) is 11.6 Å². The van der Waals surface area contributed by atoms with Gasteiger partial charge in [-0.25, -0.2) is 0 Å². The van der Waals surface area contributed by atoms with Crippen LogP contribution in [0.4, 0.5) is 0 Å². The summed E-state index contributed by atoms with van der Waals surface area (Å²) in [5.41, 5.74) is 0. The Morgan fingerprint density at radius 1 is 1.48 bits per heavy atom. The number of nitrogens with one attached hydrogen (secondary N) is 2. The molecule has 0 radical (unpaired) electrons. The fourth-order valence-corrected chi connectivity index (χ4v) is 3.01. The number of thiophene rings is 1. The minimum atomic E-state index is -0.927. The summed E-state index contributed by atoms with van der Waals surface area (Å²) >= 11 is 7.31. The van der Waals surface area contributed by atoms with Crippen molar-refractivity contribution in [3.05, 3.63) is 21.3 Å². The van der Waals surface area contributed by atoms with E-state index in [1.807, 2.05) is 12.1 Å². The molecule has 0 bridgehead atoms. The van der Waals surface area contributed by atoms with Gasteiger partial charge in [0.05, 0.1) is 10.4 Å². The summed E-state index contributed by atoms with van der Waals surface area (Å²) in [6.07, 6.45) is 1.47. The molecule has 1 aliphatic carbocycles. The smallest absolute Gasteiger partial charge is 0.245 e. The van der Waals surface area contributed by atoms with Crippen molar-refractivity contribution in [2.45, 2.75) is 38.3 Å². The fourth-order valence-electron chi connectivity index (χ4n) is 1.93. The lowest BCUT2D eigenvalue weighted by molar-refractivity contribution is -0.132. The van der Waals surface area contributed by atoms with Crippen molar-refractivity contribution in [1.29, 1.82) is 0 Å². The lowest BCUT2D eigenvalue weighted by atomic mass is 10.1. The van der Waals surface area contributed by atoms with Crippen LogP contribution in [0.15, 0.2) is 12.1 Å². The molecule has 116 valence electrons. The number of hydrogen-bond donors (Lipinski definition) is 3. The second kappa shape index (κ2) is 7.24. The van der Waals surface area contributed by atoms with E-state index in [-0.39, 0.29) is 17.7 Å². The van der Waals surface area contributed by atoms with Gasteiger partial charge in [0.2, 0.25) is 11.8 Å². The molecule has 2 amide bonds. The molecule has 1 aromatic rings. The van der Waals surface area contributed by atoms with Gasteiger partial charge in [0.1, 0.15) is 6.04 Å². The average molecular weight is 331 g/mol. The molecule has 0 aliphatic heterocycles. The zero-order valence-corrected chi connectivity index (χ0v) is 13.3. The summed E-state index contributed by atoms with van der Waals surface area (Å²) in [5, 5.41) is 15.0. The van der Waals surface area contributed by atoms with Crippen LogP contribution in [0.3, 0.4) is 0 Å². The third-order valence-corrected chi connectivity index (χ3v) is 4.60. The Labute approximate surface area is 132 Å². The van der Waals surface area contributed by atoms with Gasteiger partial charge in [-0.15, -0.1) is 11.3 Å². The molecular formula is C14H19ClN2O3S. The Morgan fingerprint density at radius 3 is 2.71 bits per heavy atom. The predicted molar refractivity (Wildman–Crippen MR) is 82.4 cm³/mol. The van der Waals surface area contributed by atoms with Crippen molar-refractivity contribution in [1.82, 2.24) is 10.6 Å². The topological polar surface area (TPSA) is 78.4 Å². The molecule has 3 N–H and O–H groups in total. The van der Waals surface area contributed by atoms with E-state index in [1.54, 1.807) is 0 Å². The fraction of sp³-hybridized carbons (Fsp3) is 0.571. The summed E-state index contributed by atoms with van der Waals surface area (Å²) in [5.74, 6) is -0.505. The first-order valence-corrected chi connectivity index (χ1v) is 8.17. The number of amides is 2. The first-order chi connectivity index (χ1) is 9.97. The Balaban J connectivity index is 1.79. The Hall–Kier alpha value is -1.11. The number of carbonyl (C=O) groups is 2. The summed E-state index contributed by atoms with van der Waals surface area (Å²) in [6, 6.07) is 2.84. The lowest BCUT2D eigenvalue weighted by Crippen LogP contribution is -2.53. The van der Waals surface area contributed by atoms with Crippen LogP contribution < -0.4 is 10.6 Å². The molecular weight excluding hydrogens is 312 g/mol. The number of aliphatic hydroxyl groups is 1. The number of hydrogen-bond acceptors (Lipinski definition) is 4. The van der Waals surface area contributed by atoms with E-state index in [9.17, 15) is 14.7 Å². The normalized spacial score (nSPS) is 17.1. The van der Waals surface area contributed by atoms with Crippen LogP contribution in [0.1, 0.15) is 24.6 Å². The highest BCUT2D eigenvalue weighted by Crippen LogP contribution is 2.29. The van der Waals surface area contributed by atoms with Crippen LogP contribution in [0.2, 0.25) is 4.34 Å². The zero-order valence-electron chi connectivity index (χ0n) is 11.8. The number of carbonyl (C=O) groups excluding carboxylic acids is 2. The lowest BCUT2D eigenvalue weighted by Gasteiger charge is -2.20. The molecule has 2 unspecified atom stereocenters. The molecule has 21 heavy (non-hydrogen) atoms. The van der Waals surface area contributed by atoms with Crippen LogP contribution in [-0.4, -0.2) is 35.6 Å². The molecule has 2 atom stereocenters. The Morgan fingerprint density at radius 2 is 2.19 bits per heavy atom. The SMILES string of the molecule is CC(O)C(NC(=O)C1CC1)C(=O)NCCc1ccc(Cl)s1. The largest absolute Gasteiger partial charge is 0.391 e. The van der Waals surface area contributed by atoms with Crippen molar-refractivity contribution in [3.63, 3.8) is 0 Å². The molecule has 1 fully saturated rings. The van der Waals surface area contributed by atoms with Crippen molar-refractivity contribution in [3.8, 4) is 0 Å². The zero-order chi connectivity index (χ0) is 15.4. The molecule has 0 aromatic carbocycles. The number of aliphatic hydroxyl groups excluding tert-OH is 1. The molecule has 5 nitrogen and oxygen atoms in total. The van der Waals surface area contributed by atoms with Crippen molar-refractivity contribution in [2.24, 2.45) is 5.92 Å². The maximum Gasteiger partial charge on any atom is 0.245 e. The second-order valence-electron chi connectivity index (χ2n) is 5.25. The standard InChI is InChI=1S/C14H19ClN2O3S/c1-8(18)12(17-13(19)9-2-3-9)14(20)16-7-6-10-4-5-11(15)21-10/h4-5,8-9,12,18H,2-3,6-7H2,1H3,(H,16,20)(H,17,19). The van der Waals surface area contributed by atoms with E-state index in [0.717, 1.165) is 22.1 Å². The molecule has 0 spiro atoms. The van der Waals surface area contributed by atoms with Gasteiger partial charge in [-0.3, -0.25) is 9.59 Å². The van der Waals surface area contributed by atoms with E-state index < -0.39 is 12.1 Å².